The first-order valence-corrected chi connectivity index (χ1v) is 10.9. The number of aliphatic hydroxyl groups is 1. The molecule has 176 valence electrons. The minimum Gasteiger partial charge on any atom is -0.396 e. The average molecular weight is 423 g/mol. The lowest BCUT2D eigenvalue weighted by Gasteiger charge is -2.25. The summed E-state index contributed by atoms with van der Waals surface area (Å²) in [6, 6.07) is 0. The SMILES string of the molecule is CC(C)OCC(COC(C)C)OCC(CO)COC(COC(C)C)COC(C)C. The summed E-state index contributed by atoms with van der Waals surface area (Å²) >= 11 is 0. The third-order valence-electron chi connectivity index (χ3n) is 3.86. The summed E-state index contributed by atoms with van der Waals surface area (Å²) in [7, 11) is 0. The first kappa shape index (κ1) is 28.7. The average Bonchev–Trinajstić information content (AvgIpc) is 2.63. The predicted octanol–water partition coefficient (Wildman–Crippen LogP) is 3.07. The van der Waals surface area contributed by atoms with Gasteiger partial charge in [0.25, 0.3) is 0 Å². The largest absolute Gasteiger partial charge is 0.396 e. The lowest BCUT2D eigenvalue weighted by Crippen LogP contribution is -2.34. The van der Waals surface area contributed by atoms with Crippen molar-refractivity contribution in [3.05, 3.63) is 0 Å². The van der Waals surface area contributed by atoms with Crippen molar-refractivity contribution < 1.29 is 33.5 Å². The van der Waals surface area contributed by atoms with Gasteiger partial charge in [0, 0.05) is 5.92 Å². The highest BCUT2D eigenvalue weighted by molar-refractivity contribution is 4.64. The molecule has 1 N–H and O–H groups in total. The molecule has 0 aliphatic heterocycles. The maximum Gasteiger partial charge on any atom is 0.104 e. The summed E-state index contributed by atoms with van der Waals surface area (Å²) in [4.78, 5) is 0. The molecule has 7 heteroatoms. The molecule has 0 saturated heterocycles. The second-order valence-corrected chi connectivity index (χ2v) is 8.49. The van der Waals surface area contributed by atoms with E-state index >= 15 is 0 Å². The molecule has 0 aliphatic rings. The van der Waals surface area contributed by atoms with Gasteiger partial charge in [-0.3, -0.25) is 0 Å². The number of aliphatic hydroxyl groups excluding tert-OH is 1. The molecule has 0 unspecified atom stereocenters. The van der Waals surface area contributed by atoms with Crippen LogP contribution in [0.4, 0.5) is 0 Å². The minimum absolute atomic E-state index is 0.0222. The van der Waals surface area contributed by atoms with E-state index in [1.165, 1.54) is 0 Å². The van der Waals surface area contributed by atoms with E-state index in [1.54, 1.807) is 0 Å². The van der Waals surface area contributed by atoms with Gasteiger partial charge in [-0.1, -0.05) is 0 Å². The molecule has 29 heavy (non-hydrogen) atoms. The Balaban J connectivity index is 4.53. The number of ether oxygens (including phenoxy) is 6. The molecule has 0 fully saturated rings. The van der Waals surface area contributed by atoms with E-state index in [-0.39, 0.29) is 49.1 Å². The van der Waals surface area contributed by atoms with Gasteiger partial charge >= 0.3 is 0 Å². The van der Waals surface area contributed by atoms with E-state index in [0.29, 0.717) is 39.6 Å². The van der Waals surface area contributed by atoms with Crippen LogP contribution in [0.5, 0.6) is 0 Å². The van der Waals surface area contributed by atoms with Crippen molar-refractivity contribution in [1.29, 1.82) is 0 Å². The van der Waals surface area contributed by atoms with Crippen molar-refractivity contribution in [3.8, 4) is 0 Å². The first-order chi connectivity index (χ1) is 13.6. The maximum absolute atomic E-state index is 9.74. The topological polar surface area (TPSA) is 75.6 Å². The van der Waals surface area contributed by atoms with Crippen molar-refractivity contribution in [2.24, 2.45) is 5.92 Å². The van der Waals surface area contributed by atoms with Crippen LogP contribution in [-0.2, 0) is 28.4 Å². The van der Waals surface area contributed by atoms with Gasteiger partial charge in [-0.25, -0.2) is 0 Å². The van der Waals surface area contributed by atoms with E-state index in [9.17, 15) is 5.11 Å². The van der Waals surface area contributed by atoms with E-state index in [1.807, 2.05) is 55.4 Å². The summed E-state index contributed by atoms with van der Waals surface area (Å²) < 4.78 is 34.7. The quantitative estimate of drug-likeness (QED) is 0.343. The Morgan fingerprint density at radius 2 is 0.724 bits per heavy atom. The highest BCUT2D eigenvalue weighted by Gasteiger charge is 2.19. The van der Waals surface area contributed by atoms with Crippen molar-refractivity contribution in [1.82, 2.24) is 0 Å². The summed E-state index contributed by atoms with van der Waals surface area (Å²) in [5.41, 5.74) is 0. The third kappa shape index (κ3) is 18.2. The zero-order chi connectivity index (χ0) is 22.2. The fourth-order valence-electron chi connectivity index (χ4n) is 2.19. The van der Waals surface area contributed by atoms with Gasteiger partial charge < -0.3 is 33.5 Å². The summed E-state index contributed by atoms with van der Waals surface area (Å²) in [6.07, 6.45) is 0.135. The van der Waals surface area contributed by atoms with Gasteiger partial charge in [-0.05, 0) is 55.4 Å². The van der Waals surface area contributed by atoms with E-state index < -0.39 is 0 Å². The predicted molar refractivity (Wildman–Crippen MR) is 114 cm³/mol. The van der Waals surface area contributed by atoms with Gasteiger partial charge in [0.15, 0.2) is 0 Å². The molecular weight excluding hydrogens is 376 g/mol. The Morgan fingerprint density at radius 3 is 0.931 bits per heavy atom. The second-order valence-electron chi connectivity index (χ2n) is 8.49. The zero-order valence-electron chi connectivity index (χ0n) is 19.9. The fraction of sp³-hybridized carbons (Fsp3) is 1.00. The number of rotatable bonds is 19. The Morgan fingerprint density at radius 1 is 0.448 bits per heavy atom. The molecule has 0 heterocycles. The molecule has 0 aromatic heterocycles. The molecule has 0 amide bonds. The number of hydrogen-bond donors (Lipinski definition) is 1. The van der Waals surface area contributed by atoms with Gasteiger partial charge in [0.1, 0.15) is 12.2 Å². The minimum atomic E-state index is -0.182. The molecule has 7 nitrogen and oxygen atoms in total. The van der Waals surface area contributed by atoms with Crippen LogP contribution < -0.4 is 0 Å². The molecule has 0 rings (SSSR count). The fourth-order valence-corrected chi connectivity index (χ4v) is 2.19. The van der Waals surface area contributed by atoms with E-state index in [4.69, 9.17) is 28.4 Å². The van der Waals surface area contributed by atoms with E-state index in [2.05, 4.69) is 0 Å². The van der Waals surface area contributed by atoms with Gasteiger partial charge in [0.05, 0.1) is 70.7 Å². The van der Waals surface area contributed by atoms with Crippen LogP contribution >= 0.6 is 0 Å². The zero-order valence-corrected chi connectivity index (χ0v) is 19.9. The third-order valence-corrected chi connectivity index (χ3v) is 3.86. The highest BCUT2D eigenvalue weighted by Crippen LogP contribution is 2.08. The van der Waals surface area contributed by atoms with Crippen molar-refractivity contribution in [2.45, 2.75) is 92.0 Å². The van der Waals surface area contributed by atoms with Crippen LogP contribution in [0.2, 0.25) is 0 Å². The normalized spacial score (nSPS) is 12.8. The highest BCUT2D eigenvalue weighted by atomic mass is 16.6. The Bertz CT molecular complexity index is 305. The van der Waals surface area contributed by atoms with Crippen molar-refractivity contribution in [2.75, 3.05) is 46.2 Å². The van der Waals surface area contributed by atoms with Crippen molar-refractivity contribution >= 4 is 0 Å². The van der Waals surface area contributed by atoms with Crippen LogP contribution in [0.25, 0.3) is 0 Å². The van der Waals surface area contributed by atoms with Crippen LogP contribution in [0, 0.1) is 5.92 Å². The lowest BCUT2D eigenvalue weighted by atomic mass is 10.2. The summed E-state index contributed by atoms with van der Waals surface area (Å²) in [5, 5.41) is 9.74. The van der Waals surface area contributed by atoms with Gasteiger partial charge in [-0.2, -0.15) is 0 Å². The van der Waals surface area contributed by atoms with Crippen LogP contribution in [-0.4, -0.2) is 88.0 Å². The molecule has 0 radical (unpaired) electrons. The Kier molecular flexibility index (Phi) is 17.2. The van der Waals surface area contributed by atoms with Crippen molar-refractivity contribution in [3.63, 3.8) is 0 Å². The standard InChI is InChI=1S/C22H46O7/c1-16(2)24-12-21(13-25-17(3)4)28-10-20(9-23)11-29-22(14-26-18(5)6)15-27-19(7)8/h16-23H,9-15H2,1-8H3. The molecule has 0 bridgehead atoms. The molecule has 0 aromatic rings. The lowest BCUT2D eigenvalue weighted by molar-refractivity contribution is -0.116. The maximum atomic E-state index is 9.74. The Hall–Kier alpha value is -0.280. The first-order valence-electron chi connectivity index (χ1n) is 10.9. The summed E-state index contributed by atoms with van der Waals surface area (Å²) in [5.74, 6) is -0.142. The van der Waals surface area contributed by atoms with E-state index in [0.717, 1.165) is 0 Å². The molecule has 0 aliphatic carbocycles. The molecule has 0 saturated carbocycles. The van der Waals surface area contributed by atoms with Gasteiger partial charge in [-0.15, -0.1) is 0 Å². The monoisotopic (exact) mass is 422 g/mol. The van der Waals surface area contributed by atoms with Gasteiger partial charge in [0.2, 0.25) is 0 Å². The van der Waals surface area contributed by atoms with Crippen LogP contribution in [0.3, 0.4) is 0 Å². The smallest absolute Gasteiger partial charge is 0.104 e. The van der Waals surface area contributed by atoms with Crippen LogP contribution in [0.1, 0.15) is 55.4 Å². The molecule has 0 spiro atoms. The summed E-state index contributed by atoms with van der Waals surface area (Å²) in [6.45, 7) is 18.4. The second kappa shape index (κ2) is 17.4. The Labute approximate surface area is 178 Å². The number of hydrogen-bond acceptors (Lipinski definition) is 7. The molecular formula is C22H46O7. The molecule has 0 atom stereocenters. The van der Waals surface area contributed by atoms with Crippen LogP contribution in [0.15, 0.2) is 0 Å². The molecule has 0 aromatic carbocycles.